The zero-order valence-electron chi connectivity index (χ0n) is 9.06. The van der Waals surface area contributed by atoms with E-state index >= 15 is 0 Å². The smallest absolute Gasteiger partial charge is 0.320 e. The Balaban J connectivity index is 2.31. The molecule has 1 aromatic heterocycles. The minimum atomic E-state index is -0.768. The highest BCUT2D eigenvalue weighted by molar-refractivity contribution is 7.07. The Morgan fingerprint density at radius 3 is 2.80 bits per heavy atom. The SMILES string of the molecule is CC(C)C(NCCc1ccsc1)C(=O)O. The van der Waals surface area contributed by atoms with Crippen LogP contribution in [0.5, 0.6) is 0 Å². The molecule has 0 fully saturated rings. The molecule has 0 aromatic carbocycles. The van der Waals surface area contributed by atoms with E-state index in [9.17, 15) is 4.79 Å². The topological polar surface area (TPSA) is 49.3 Å². The summed E-state index contributed by atoms with van der Waals surface area (Å²) in [6.07, 6.45) is 0.889. The number of carboxylic acids is 1. The van der Waals surface area contributed by atoms with Crippen molar-refractivity contribution in [2.45, 2.75) is 26.3 Å². The fourth-order valence-corrected chi connectivity index (χ4v) is 2.12. The first-order valence-electron chi connectivity index (χ1n) is 5.08. The van der Waals surface area contributed by atoms with Crippen LogP contribution in [0.2, 0.25) is 0 Å². The van der Waals surface area contributed by atoms with Crippen LogP contribution in [0.4, 0.5) is 0 Å². The Bertz CT molecular complexity index is 296. The normalized spacial score (nSPS) is 13.0. The Kier molecular flexibility index (Phi) is 4.78. The van der Waals surface area contributed by atoms with Crippen LogP contribution < -0.4 is 5.32 Å². The molecule has 1 unspecified atom stereocenters. The van der Waals surface area contributed by atoms with Crippen molar-refractivity contribution in [3.8, 4) is 0 Å². The van der Waals surface area contributed by atoms with Crippen LogP contribution in [0.25, 0.3) is 0 Å². The number of carboxylic acid groups (broad SMARTS) is 1. The average molecular weight is 227 g/mol. The second kappa shape index (κ2) is 5.88. The number of carbonyl (C=O) groups is 1. The maximum Gasteiger partial charge on any atom is 0.320 e. The summed E-state index contributed by atoms with van der Waals surface area (Å²) >= 11 is 1.67. The summed E-state index contributed by atoms with van der Waals surface area (Å²) < 4.78 is 0. The predicted molar refractivity (Wildman–Crippen MR) is 62.3 cm³/mol. The Labute approximate surface area is 94.1 Å². The Morgan fingerprint density at radius 1 is 1.60 bits per heavy atom. The number of hydrogen-bond donors (Lipinski definition) is 2. The standard InChI is InChI=1S/C11H17NO2S/c1-8(2)10(11(13)14)12-5-3-9-4-6-15-7-9/h4,6-8,10,12H,3,5H2,1-2H3,(H,13,14). The van der Waals surface area contributed by atoms with E-state index in [2.05, 4.69) is 16.8 Å². The predicted octanol–water partition coefficient (Wildman–Crippen LogP) is 1.99. The van der Waals surface area contributed by atoms with Crippen LogP contribution in [0.15, 0.2) is 16.8 Å². The van der Waals surface area contributed by atoms with E-state index < -0.39 is 12.0 Å². The third kappa shape index (κ3) is 4.01. The molecule has 0 amide bonds. The minimum Gasteiger partial charge on any atom is -0.480 e. The van der Waals surface area contributed by atoms with Crippen LogP contribution in [-0.2, 0) is 11.2 Å². The lowest BCUT2D eigenvalue weighted by Crippen LogP contribution is -2.41. The van der Waals surface area contributed by atoms with Crippen molar-refractivity contribution >= 4 is 17.3 Å². The number of hydrogen-bond acceptors (Lipinski definition) is 3. The zero-order chi connectivity index (χ0) is 11.3. The highest BCUT2D eigenvalue weighted by Crippen LogP contribution is 2.07. The quantitative estimate of drug-likeness (QED) is 0.781. The molecular weight excluding hydrogens is 210 g/mol. The van der Waals surface area contributed by atoms with Crippen molar-refractivity contribution < 1.29 is 9.90 Å². The van der Waals surface area contributed by atoms with Crippen LogP contribution in [0.3, 0.4) is 0 Å². The zero-order valence-corrected chi connectivity index (χ0v) is 9.88. The summed E-state index contributed by atoms with van der Waals surface area (Å²) in [4.78, 5) is 10.9. The Hall–Kier alpha value is -0.870. The lowest BCUT2D eigenvalue weighted by atomic mass is 10.0. The first kappa shape index (κ1) is 12.2. The molecule has 1 rings (SSSR count). The van der Waals surface area contributed by atoms with Crippen molar-refractivity contribution in [1.82, 2.24) is 5.32 Å². The van der Waals surface area contributed by atoms with Gasteiger partial charge in [0.2, 0.25) is 0 Å². The van der Waals surface area contributed by atoms with Gasteiger partial charge in [0.25, 0.3) is 0 Å². The second-order valence-electron chi connectivity index (χ2n) is 3.90. The highest BCUT2D eigenvalue weighted by Gasteiger charge is 2.19. The largest absolute Gasteiger partial charge is 0.480 e. The fourth-order valence-electron chi connectivity index (χ4n) is 1.42. The van der Waals surface area contributed by atoms with Crippen molar-refractivity contribution in [2.24, 2.45) is 5.92 Å². The van der Waals surface area contributed by atoms with Crippen molar-refractivity contribution in [3.63, 3.8) is 0 Å². The van der Waals surface area contributed by atoms with Crippen molar-refractivity contribution in [1.29, 1.82) is 0 Å². The van der Waals surface area contributed by atoms with Gasteiger partial charge in [-0.2, -0.15) is 11.3 Å². The maximum atomic E-state index is 10.9. The van der Waals surface area contributed by atoms with E-state index in [4.69, 9.17) is 5.11 Å². The minimum absolute atomic E-state index is 0.116. The number of aliphatic carboxylic acids is 1. The Morgan fingerprint density at radius 2 is 2.33 bits per heavy atom. The number of rotatable bonds is 6. The van der Waals surface area contributed by atoms with E-state index in [1.165, 1.54) is 5.56 Å². The summed E-state index contributed by atoms with van der Waals surface area (Å²) in [5, 5.41) is 16.1. The first-order valence-corrected chi connectivity index (χ1v) is 6.03. The van der Waals surface area contributed by atoms with Gasteiger partial charge >= 0.3 is 5.97 Å². The van der Waals surface area contributed by atoms with E-state index in [1.807, 2.05) is 19.2 Å². The maximum absolute atomic E-state index is 10.9. The molecule has 0 saturated heterocycles. The lowest BCUT2D eigenvalue weighted by molar-refractivity contribution is -0.140. The number of thiophene rings is 1. The highest BCUT2D eigenvalue weighted by atomic mass is 32.1. The van der Waals surface area contributed by atoms with Gasteiger partial charge in [-0.05, 0) is 34.7 Å². The molecule has 0 bridgehead atoms. The van der Waals surface area contributed by atoms with Gasteiger partial charge in [0.05, 0.1) is 0 Å². The third-order valence-corrected chi connectivity index (χ3v) is 3.02. The summed E-state index contributed by atoms with van der Waals surface area (Å²) in [5.74, 6) is -0.653. The molecule has 84 valence electrons. The molecule has 1 heterocycles. The van der Waals surface area contributed by atoms with E-state index in [0.717, 1.165) is 6.42 Å². The monoisotopic (exact) mass is 227 g/mol. The molecular formula is C11H17NO2S. The van der Waals surface area contributed by atoms with Crippen LogP contribution in [0.1, 0.15) is 19.4 Å². The summed E-state index contributed by atoms with van der Waals surface area (Å²) in [7, 11) is 0. The lowest BCUT2D eigenvalue weighted by Gasteiger charge is -2.17. The molecule has 0 radical (unpaired) electrons. The van der Waals surface area contributed by atoms with Gasteiger partial charge in [-0.15, -0.1) is 0 Å². The van der Waals surface area contributed by atoms with E-state index in [-0.39, 0.29) is 5.92 Å². The molecule has 0 spiro atoms. The average Bonchev–Trinajstić information content (AvgIpc) is 2.63. The second-order valence-corrected chi connectivity index (χ2v) is 4.68. The molecule has 0 aliphatic carbocycles. The van der Waals surface area contributed by atoms with Gasteiger partial charge in [0.1, 0.15) is 6.04 Å². The van der Waals surface area contributed by atoms with E-state index in [1.54, 1.807) is 11.3 Å². The van der Waals surface area contributed by atoms with Gasteiger partial charge in [0.15, 0.2) is 0 Å². The van der Waals surface area contributed by atoms with Gasteiger partial charge < -0.3 is 10.4 Å². The molecule has 1 atom stereocenters. The van der Waals surface area contributed by atoms with Crippen LogP contribution >= 0.6 is 11.3 Å². The van der Waals surface area contributed by atoms with Gasteiger partial charge in [-0.3, -0.25) is 4.79 Å². The first-order chi connectivity index (χ1) is 7.11. The van der Waals surface area contributed by atoms with Gasteiger partial charge in [0, 0.05) is 6.54 Å². The third-order valence-electron chi connectivity index (χ3n) is 2.29. The molecule has 3 nitrogen and oxygen atoms in total. The molecule has 0 saturated carbocycles. The van der Waals surface area contributed by atoms with Crippen molar-refractivity contribution in [3.05, 3.63) is 22.4 Å². The summed E-state index contributed by atoms with van der Waals surface area (Å²) in [6, 6.07) is 1.63. The van der Waals surface area contributed by atoms with Crippen LogP contribution in [0, 0.1) is 5.92 Å². The van der Waals surface area contributed by atoms with Gasteiger partial charge in [-0.25, -0.2) is 0 Å². The summed E-state index contributed by atoms with van der Waals surface area (Å²) in [5.41, 5.74) is 1.26. The van der Waals surface area contributed by atoms with Gasteiger partial charge in [-0.1, -0.05) is 13.8 Å². The molecule has 2 N–H and O–H groups in total. The summed E-state index contributed by atoms with van der Waals surface area (Å²) in [6.45, 7) is 4.54. The fraction of sp³-hybridized carbons (Fsp3) is 0.545. The number of nitrogens with one attached hydrogen (secondary N) is 1. The molecule has 1 aromatic rings. The van der Waals surface area contributed by atoms with Crippen LogP contribution in [-0.4, -0.2) is 23.7 Å². The van der Waals surface area contributed by atoms with Crippen molar-refractivity contribution in [2.75, 3.05) is 6.54 Å². The molecule has 0 aliphatic rings. The molecule has 15 heavy (non-hydrogen) atoms. The van der Waals surface area contributed by atoms with E-state index in [0.29, 0.717) is 6.54 Å². The molecule has 4 heteroatoms. The molecule has 0 aliphatic heterocycles.